The van der Waals surface area contributed by atoms with E-state index in [9.17, 15) is 18.3 Å². The highest BCUT2D eigenvalue weighted by atomic mass is 19.4. The third kappa shape index (κ3) is 3.62. The van der Waals surface area contributed by atoms with Gasteiger partial charge in [-0.1, -0.05) is 30.3 Å². The quantitative estimate of drug-likeness (QED) is 0.746. The van der Waals surface area contributed by atoms with E-state index in [0.29, 0.717) is 6.42 Å². The van der Waals surface area contributed by atoms with Crippen molar-refractivity contribution in [3.8, 4) is 0 Å². The molecule has 9 heteroatoms. The van der Waals surface area contributed by atoms with Gasteiger partial charge in [0.05, 0.1) is 6.10 Å². The van der Waals surface area contributed by atoms with Gasteiger partial charge in [0, 0.05) is 19.0 Å². The van der Waals surface area contributed by atoms with Crippen molar-refractivity contribution in [3.63, 3.8) is 0 Å². The van der Waals surface area contributed by atoms with Gasteiger partial charge in [-0.05, 0) is 5.56 Å². The zero-order valence-electron chi connectivity index (χ0n) is 12.4. The molecule has 2 aromatic heterocycles. The van der Waals surface area contributed by atoms with Crippen LogP contribution in [0.4, 0.5) is 19.0 Å². The van der Waals surface area contributed by atoms with Crippen molar-refractivity contribution in [2.24, 2.45) is 0 Å². The number of alkyl halides is 3. The van der Waals surface area contributed by atoms with Gasteiger partial charge in [-0.15, -0.1) is 0 Å². The second-order valence-electron chi connectivity index (χ2n) is 5.22. The summed E-state index contributed by atoms with van der Waals surface area (Å²) >= 11 is 0. The zero-order chi connectivity index (χ0) is 17.2. The zero-order valence-corrected chi connectivity index (χ0v) is 12.4. The average molecular weight is 337 g/mol. The van der Waals surface area contributed by atoms with Crippen LogP contribution < -0.4 is 5.32 Å². The Morgan fingerprint density at radius 2 is 1.96 bits per heavy atom. The Bertz CT molecular complexity index is 819. The maximum Gasteiger partial charge on any atom is 0.433 e. The van der Waals surface area contributed by atoms with E-state index in [1.807, 2.05) is 30.3 Å². The van der Waals surface area contributed by atoms with E-state index < -0.39 is 18.0 Å². The van der Waals surface area contributed by atoms with Crippen LogP contribution in [0.1, 0.15) is 11.3 Å². The molecule has 0 aliphatic rings. The van der Waals surface area contributed by atoms with E-state index >= 15 is 0 Å². The van der Waals surface area contributed by atoms with Crippen LogP contribution in [0.25, 0.3) is 5.78 Å². The van der Waals surface area contributed by atoms with Gasteiger partial charge >= 0.3 is 6.18 Å². The lowest BCUT2D eigenvalue weighted by atomic mass is 10.1. The van der Waals surface area contributed by atoms with Gasteiger partial charge in [0.25, 0.3) is 5.78 Å². The number of rotatable bonds is 5. The molecule has 3 aromatic rings. The van der Waals surface area contributed by atoms with Crippen molar-refractivity contribution in [2.75, 3.05) is 11.9 Å². The van der Waals surface area contributed by atoms with Crippen molar-refractivity contribution >= 4 is 11.6 Å². The molecule has 3 rings (SSSR count). The molecule has 0 spiro atoms. The van der Waals surface area contributed by atoms with Gasteiger partial charge in [-0.2, -0.15) is 27.8 Å². The molecule has 1 atom stereocenters. The van der Waals surface area contributed by atoms with Gasteiger partial charge in [-0.25, -0.2) is 4.98 Å². The molecule has 0 amide bonds. The van der Waals surface area contributed by atoms with Crippen LogP contribution in [-0.2, 0) is 12.6 Å². The summed E-state index contributed by atoms with van der Waals surface area (Å²) in [6, 6.07) is 10.2. The molecule has 126 valence electrons. The number of hydrogen-bond donors (Lipinski definition) is 2. The van der Waals surface area contributed by atoms with E-state index in [1.54, 1.807) is 0 Å². The number of aliphatic hydroxyl groups is 1. The Morgan fingerprint density at radius 1 is 1.21 bits per heavy atom. The molecule has 0 aliphatic carbocycles. The summed E-state index contributed by atoms with van der Waals surface area (Å²) in [6.45, 7) is 0.0607. The van der Waals surface area contributed by atoms with Crippen LogP contribution in [0.5, 0.6) is 0 Å². The molecule has 1 aromatic carbocycles. The Kier molecular flexibility index (Phi) is 4.34. The second kappa shape index (κ2) is 6.44. The van der Waals surface area contributed by atoms with Crippen LogP contribution in [0, 0.1) is 0 Å². The third-order valence-electron chi connectivity index (χ3n) is 3.38. The average Bonchev–Trinajstić information content (AvgIpc) is 3.01. The van der Waals surface area contributed by atoms with Crippen LogP contribution in [-0.4, -0.2) is 37.3 Å². The van der Waals surface area contributed by atoms with Gasteiger partial charge in [-0.3, -0.25) is 0 Å². The summed E-state index contributed by atoms with van der Waals surface area (Å²) in [4.78, 5) is 7.11. The summed E-state index contributed by atoms with van der Waals surface area (Å²) < 4.78 is 39.8. The maximum absolute atomic E-state index is 12.9. The Balaban J connectivity index is 1.76. The molecule has 0 bridgehead atoms. The number of aliphatic hydroxyl groups excluding tert-OH is 1. The van der Waals surface area contributed by atoms with E-state index in [0.717, 1.165) is 22.5 Å². The normalized spacial score (nSPS) is 13.2. The summed E-state index contributed by atoms with van der Waals surface area (Å²) in [5.41, 5.74) is -0.133. The van der Waals surface area contributed by atoms with E-state index in [1.165, 1.54) is 0 Å². The molecule has 0 saturated heterocycles. The standard InChI is InChI=1S/C15H14F3N5O/c16-15(17,18)12-7-13(23-14(22-12)20-9-21-23)19-8-11(24)6-10-4-2-1-3-5-10/h1-5,7,9,11,19,24H,6,8H2. The van der Waals surface area contributed by atoms with Crippen molar-refractivity contribution < 1.29 is 18.3 Å². The summed E-state index contributed by atoms with van der Waals surface area (Å²) in [6.07, 6.45) is -3.86. The molecule has 24 heavy (non-hydrogen) atoms. The number of nitrogens with zero attached hydrogens (tertiary/aromatic N) is 4. The third-order valence-corrected chi connectivity index (χ3v) is 3.38. The monoisotopic (exact) mass is 337 g/mol. The predicted octanol–water partition coefficient (Wildman–Crippen LogP) is 2.16. The maximum atomic E-state index is 12.9. The first kappa shape index (κ1) is 16.2. The molecule has 0 aliphatic heterocycles. The molecule has 6 nitrogen and oxygen atoms in total. The van der Waals surface area contributed by atoms with Gasteiger partial charge in [0.15, 0.2) is 5.69 Å². The molecular weight excluding hydrogens is 323 g/mol. The molecule has 0 radical (unpaired) electrons. The Hall–Kier alpha value is -2.68. The van der Waals surface area contributed by atoms with Crippen LogP contribution >= 0.6 is 0 Å². The van der Waals surface area contributed by atoms with E-state index in [4.69, 9.17) is 0 Å². The lowest BCUT2D eigenvalue weighted by molar-refractivity contribution is -0.141. The molecule has 0 saturated carbocycles. The lowest BCUT2D eigenvalue weighted by Gasteiger charge is -2.14. The second-order valence-corrected chi connectivity index (χ2v) is 5.22. The van der Waals surface area contributed by atoms with Crippen molar-refractivity contribution in [2.45, 2.75) is 18.7 Å². The van der Waals surface area contributed by atoms with Gasteiger partial charge in [0.1, 0.15) is 12.1 Å². The summed E-state index contributed by atoms with van der Waals surface area (Å²) in [7, 11) is 0. The highest BCUT2D eigenvalue weighted by Gasteiger charge is 2.34. The number of fused-ring (bicyclic) bond motifs is 1. The summed E-state index contributed by atoms with van der Waals surface area (Å²) in [5, 5.41) is 16.7. The highest BCUT2D eigenvalue weighted by Crippen LogP contribution is 2.29. The number of hydrogen-bond acceptors (Lipinski definition) is 5. The predicted molar refractivity (Wildman–Crippen MR) is 80.4 cm³/mol. The first-order valence-corrected chi connectivity index (χ1v) is 7.17. The molecule has 2 N–H and O–H groups in total. The van der Waals surface area contributed by atoms with Gasteiger partial charge < -0.3 is 10.4 Å². The van der Waals surface area contributed by atoms with Crippen LogP contribution in [0.15, 0.2) is 42.7 Å². The van der Waals surface area contributed by atoms with Crippen molar-refractivity contribution in [1.29, 1.82) is 0 Å². The Labute approximate surface area is 135 Å². The minimum Gasteiger partial charge on any atom is -0.391 e. The number of benzene rings is 1. The smallest absolute Gasteiger partial charge is 0.391 e. The number of nitrogens with one attached hydrogen (secondary N) is 1. The highest BCUT2D eigenvalue weighted by molar-refractivity contribution is 5.45. The number of aromatic nitrogens is 4. The largest absolute Gasteiger partial charge is 0.433 e. The molecule has 1 unspecified atom stereocenters. The molecular formula is C15H14F3N5O. The van der Waals surface area contributed by atoms with E-state index in [-0.39, 0.29) is 18.1 Å². The van der Waals surface area contributed by atoms with Crippen LogP contribution in [0.3, 0.4) is 0 Å². The SMILES string of the molecule is OC(CNc1cc(C(F)(F)F)nc2ncnn12)Cc1ccccc1. The number of halogens is 3. The fourth-order valence-corrected chi connectivity index (χ4v) is 2.26. The lowest BCUT2D eigenvalue weighted by Crippen LogP contribution is -2.23. The first-order chi connectivity index (χ1) is 11.4. The first-order valence-electron chi connectivity index (χ1n) is 7.17. The molecule has 2 heterocycles. The topological polar surface area (TPSA) is 75.3 Å². The fourth-order valence-electron chi connectivity index (χ4n) is 2.26. The van der Waals surface area contributed by atoms with E-state index in [2.05, 4.69) is 20.4 Å². The van der Waals surface area contributed by atoms with Crippen molar-refractivity contribution in [3.05, 3.63) is 54.0 Å². The van der Waals surface area contributed by atoms with Crippen molar-refractivity contribution in [1.82, 2.24) is 19.6 Å². The summed E-state index contributed by atoms with van der Waals surface area (Å²) in [5.74, 6) is -0.0955. The molecule has 0 fully saturated rings. The van der Waals surface area contributed by atoms with Crippen LogP contribution in [0.2, 0.25) is 0 Å². The number of anilines is 1. The van der Waals surface area contributed by atoms with Gasteiger partial charge in [0.2, 0.25) is 0 Å². The minimum atomic E-state index is -4.59. The minimum absolute atomic E-state index is 0.0607. The fraction of sp³-hybridized carbons (Fsp3) is 0.267. The Morgan fingerprint density at radius 3 is 2.67 bits per heavy atom.